The summed E-state index contributed by atoms with van der Waals surface area (Å²) in [5.41, 5.74) is -0.290. The Balaban J connectivity index is 3.63. The molecule has 2 amide bonds. The van der Waals surface area contributed by atoms with Crippen LogP contribution >= 0.6 is 0 Å². The van der Waals surface area contributed by atoms with Gasteiger partial charge < -0.3 is 20.1 Å². The quantitative estimate of drug-likeness (QED) is 0.677. The molecule has 0 aliphatic heterocycles. The standard InChI is InChI=1S/C18H24N2O6/c1-5-19-15(21)11-9-14(18(24)26-8-4)12(16(22)20-6-2)10-13(11)17(23)25-7-3/h9-10H,5-8H2,1-4H3,(H,19,21)(H,20,22). The Kier molecular flexibility index (Phi) is 8.27. The lowest BCUT2D eigenvalue weighted by molar-refractivity contribution is 0.0507. The number of carbonyl (C=O) groups is 4. The zero-order valence-electron chi connectivity index (χ0n) is 15.4. The Labute approximate surface area is 152 Å². The number of amides is 2. The average molecular weight is 364 g/mol. The zero-order valence-corrected chi connectivity index (χ0v) is 15.4. The second-order valence-corrected chi connectivity index (χ2v) is 5.10. The molecular weight excluding hydrogens is 340 g/mol. The van der Waals surface area contributed by atoms with Crippen molar-refractivity contribution in [2.75, 3.05) is 26.3 Å². The van der Waals surface area contributed by atoms with E-state index in [2.05, 4.69) is 10.6 Å². The van der Waals surface area contributed by atoms with Crippen molar-refractivity contribution < 1.29 is 28.7 Å². The van der Waals surface area contributed by atoms with Crippen LogP contribution in [0.2, 0.25) is 0 Å². The highest BCUT2D eigenvalue weighted by Gasteiger charge is 2.26. The SMILES string of the molecule is CCNC(=O)c1cc(C(=O)OCC)c(C(=O)NCC)cc1C(=O)OCC. The first kappa shape index (κ1) is 21.1. The van der Waals surface area contributed by atoms with E-state index in [0.717, 1.165) is 0 Å². The number of carbonyl (C=O) groups excluding carboxylic acids is 4. The Morgan fingerprint density at radius 3 is 1.31 bits per heavy atom. The van der Waals surface area contributed by atoms with E-state index in [0.29, 0.717) is 13.1 Å². The maximum Gasteiger partial charge on any atom is 0.338 e. The van der Waals surface area contributed by atoms with Gasteiger partial charge in [-0.15, -0.1) is 0 Å². The molecule has 0 aliphatic carbocycles. The molecule has 0 atom stereocenters. The number of hydrogen-bond donors (Lipinski definition) is 2. The van der Waals surface area contributed by atoms with Crippen molar-refractivity contribution in [1.29, 1.82) is 0 Å². The first-order valence-corrected chi connectivity index (χ1v) is 8.49. The van der Waals surface area contributed by atoms with E-state index in [-0.39, 0.29) is 35.5 Å². The molecule has 1 aromatic carbocycles. The minimum absolute atomic E-state index is 0.0543. The minimum Gasteiger partial charge on any atom is -0.462 e. The van der Waals surface area contributed by atoms with Crippen LogP contribution in [0.3, 0.4) is 0 Å². The van der Waals surface area contributed by atoms with Crippen LogP contribution in [0.5, 0.6) is 0 Å². The van der Waals surface area contributed by atoms with Crippen molar-refractivity contribution in [3.63, 3.8) is 0 Å². The number of hydrogen-bond acceptors (Lipinski definition) is 6. The molecule has 2 N–H and O–H groups in total. The third-order valence-electron chi connectivity index (χ3n) is 3.31. The summed E-state index contributed by atoms with van der Waals surface area (Å²) < 4.78 is 9.95. The van der Waals surface area contributed by atoms with Crippen LogP contribution < -0.4 is 10.6 Å². The fourth-order valence-corrected chi connectivity index (χ4v) is 2.24. The van der Waals surface area contributed by atoms with Gasteiger partial charge in [-0.1, -0.05) is 0 Å². The Bertz CT molecular complexity index is 585. The van der Waals surface area contributed by atoms with Gasteiger partial charge in [0.1, 0.15) is 0 Å². The number of benzene rings is 1. The van der Waals surface area contributed by atoms with Crippen LogP contribution in [0.1, 0.15) is 69.1 Å². The van der Waals surface area contributed by atoms with Crippen LogP contribution in [0.25, 0.3) is 0 Å². The highest BCUT2D eigenvalue weighted by molar-refractivity contribution is 6.12. The van der Waals surface area contributed by atoms with Gasteiger partial charge in [-0.2, -0.15) is 0 Å². The molecule has 0 aromatic heterocycles. The Morgan fingerprint density at radius 1 is 0.692 bits per heavy atom. The highest BCUT2D eigenvalue weighted by Crippen LogP contribution is 2.20. The largest absolute Gasteiger partial charge is 0.462 e. The summed E-state index contributed by atoms with van der Waals surface area (Å²) in [7, 11) is 0. The summed E-state index contributed by atoms with van der Waals surface area (Å²) in [5.74, 6) is -2.61. The molecule has 0 saturated carbocycles. The smallest absolute Gasteiger partial charge is 0.338 e. The van der Waals surface area contributed by atoms with Gasteiger partial charge in [-0.05, 0) is 39.8 Å². The molecule has 142 valence electrons. The van der Waals surface area contributed by atoms with Gasteiger partial charge in [-0.3, -0.25) is 9.59 Å². The van der Waals surface area contributed by atoms with Gasteiger partial charge >= 0.3 is 11.9 Å². The van der Waals surface area contributed by atoms with E-state index < -0.39 is 23.8 Å². The molecule has 0 bridgehead atoms. The topological polar surface area (TPSA) is 111 Å². The van der Waals surface area contributed by atoms with Crippen molar-refractivity contribution in [3.05, 3.63) is 34.4 Å². The summed E-state index contributed by atoms with van der Waals surface area (Å²) in [4.78, 5) is 49.2. The molecule has 0 spiro atoms. The third kappa shape index (κ3) is 5.05. The fraction of sp³-hybridized carbons (Fsp3) is 0.444. The average Bonchev–Trinajstić information content (AvgIpc) is 2.61. The van der Waals surface area contributed by atoms with Crippen LogP contribution in [0.15, 0.2) is 12.1 Å². The van der Waals surface area contributed by atoms with E-state index in [1.165, 1.54) is 12.1 Å². The molecule has 1 rings (SSSR count). The van der Waals surface area contributed by atoms with Crippen LogP contribution in [0, 0.1) is 0 Å². The highest BCUT2D eigenvalue weighted by atomic mass is 16.5. The Hall–Kier alpha value is -2.90. The number of nitrogens with one attached hydrogen (secondary N) is 2. The van der Waals surface area contributed by atoms with Crippen molar-refractivity contribution in [2.45, 2.75) is 27.7 Å². The lowest BCUT2D eigenvalue weighted by Gasteiger charge is -2.14. The normalized spacial score (nSPS) is 10.0. The first-order valence-electron chi connectivity index (χ1n) is 8.49. The number of esters is 2. The number of ether oxygens (including phenoxy) is 2. The lowest BCUT2D eigenvalue weighted by atomic mass is 9.96. The van der Waals surface area contributed by atoms with E-state index >= 15 is 0 Å². The van der Waals surface area contributed by atoms with Crippen molar-refractivity contribution in [3.8, 4) is 0 Å². The van der Waals surface area contributed by atoms with Crippen LogP contribution in [-0.4, -0.2) is 50.1 Å². The summed E-state index contributed by atoms with van der Waals surface area (Å²) >= 11 is 0. The summed E-state index contributed by atoms with van der Waals surface area (Å²) in [6.07, 6.45) is 0. The molecular formula is C18H24N2O6. The van der Waals surface area contributed by atoms with Gasteiger partial charge in [-0.25, -0.2) is 9.59 Å². The first-order chi connectivity index (χ1) is 12.4. The molecule has 0 radical (unpaired) electrons. The lowest BCUT2D eigenvalue weighted by Crippen LogP contribution is -2.29. The van der Waals surface area contributed by atoms with E-state index in [1.54, 1.807) is 27.7 Å². The Morgan fingerprint density at radius 2 is 1.04 bits per heavy atom. The molecule has 0 heterocycles. The second-order valence-electron chi connectivity index (χ2n) is 5.10. The maximum atomic E-state index is 12.3. The summed E-state index contributed by atoms with van der Waals surface area (Å²) in [6.45, 7) is 7.55. The monoisotopic (exact) mass is 364 g/mol. The molecule has 1 aromatic rings. The predicted molar refractivity (Wildman–Crippen MR) is 94.4 cm³/mol. The molecule has 26 heavy (non-hydrogen) atoms. The summed E-state index contributed by atoms with van der Waals surface area (Å²) in [5, 5.41) is 5.14. The van der Waals surface area contributed by atoms with Gasteiger partial charge in [0.05, 0.1) is 35.5 Å². The number of rotatable bonds is 8. The molecule has 0 aliphatic rings. The maximum absolute atomic E-state index is 12.3. The van der Waals surface area contributed by atoms with Gasteiger partial charge in [0.2, 0.25) is 0 Å². The zero-order chi connectivity index (χ0) is 19.7. The van der Waals surface area contributed by atoms with Crippen molar-refractivity contribution >= 4 is 23.8 Å². The van der Waals surface area contributed by atoms with Gasteiger partial charge in [0.25, 0.3) is 11.8 Å². The van der Waals surface area contributed by atoms with Crippen molar-refractivity contribution in [1.82, 2.24) is 10.6 Å². The fourth-order valence-electron chi connectivity index (χ4n) is 2.24. The van der Waals surface area contributed by atoms with E-state index in [9.17, 15) is 19.2 Å². The predicted octanol–water partition coefficient (Wildman–Crippen LogP) is 1.54. The molecule has 8 nitrogen and oxygen atoms in total. The minimum atomic E-state index is -0.755. The van der Waals surface area contributed by atoms with Gasteiger partial charge in [0, 0.05) is 13.1 Å². The molecule has 8 heteroatoms. The molecule has 0 fully saturated rings. The molecule has 0 unspecified atom stereocenters. The second kappa shape index (κ2) is 10.2. The third-order valence-corrected chi connectivity index (χ3v) is 3.31. The van der Waals surface area contributed by atoms with E-state index in [4.69, 9.17) is 9.47 Å². The van der Waals surface area contributed by atoms with Gasteiger partial charge in [0.15, 0.2) is 0 Å². The summed E-state index contributed by atoms with van der Waals surface area (Å²) in [6, 6.07) is 2.39. The van der Waals surface area contributed by atoms with Crippen molar-refractivity contribution in [2.24, 2.45) is 0 Å². The van der Waals surface area contributed by atoms with E-state index in [1.807, 2.05) is 0 Å². The molecule has 0 saturated heterocycles. The van der Waals surface area contributed by atoms with Crippen LogP contribution in [-0.2, 0) is 9.47 Å². The van der Waals surface area contributed by atoms with Crippen LogP contribution in [0.4, 0.5) is 0 Å².